The van der Waals surface area contributed by atoms with Crippen molar-refractivity contribution >= 4 is 23.4 Å². The normalized spacial score (nSPS) is 35.4. The van der Waals surface area contributed by atoms with Gasteiger partial charge in [-0.05, 0) is 18.5 Å². The van der Waals surface area contributed by atoms with E-state index in [-0.39, 0.29) is 4.90 Å². The number of anilines is 1. The largest absolute Gasteiger partial charge is 0.398 e. The molecule has 1 saturated heterocycles. The second-order valence-corrected chi connectivity index (χ2v) is 4.00. The first kappa shape index (κ1) is 6.34. The summed E-state index contributed by atoms with van der Waals surface area (Å²) in [5.41, 5.74) is 3.04. The maximum Gasteiger partial charge on any atom is 0.255 e. The average Bonchev–Trinajstić information content (AvgIpc) is 2.77. The minimum Gasteiger partial charge on any atom is -0.398 e. The number of rotatable bonds is 1. The molecule has 20 heavy (non-hydrogen) atoms. The molecule has 104 valence electrons. The molecule has 0 spiro atoms. The Morgan fingerprint density at radius 3 is 2.95 bits per heavy atom. The molecule has 0 radical (unpaired) electrons. The summed E-state index contributed by atoms with van der Waals surface area (Å²) in [7, 11) is 0. The van der Waals surface area contributed by atoms with Gasteiger partial charge in [0.2, 0.25) is 11.8 Å². The molecule has 7 heteroatoms. The number of piperidine rings is 1. The van der Waals surface area contributed by atoms with Gasteiger partial charge in [0.25, 0.3) is 5.91 Å². The monoisotopic (exact) mass is 285 g/mol. The fourth-order valence-electron chi connectivity index (χ4n) is 1.86. The number of nitrogens with two attached hydrogens (primary N) is 1. The molecule has 0 bridgehead atoms. The highest BCUT2D eigenvalue weighted by molar-refractivity contribution is 6.06. The molecule has 2 aliphatic heterocycles. The van der Waals surface area contributed by atoms with E-state index in [4.69, 9.17) is 16.7 Å². The standard InChI is InChI=1S/C13H12FN3O3/c14-6-3-7-8(9(15)4-6)5-17(13(7)20)10-1-2-11(18)16-12(10)19/h3-4,10H,1-2,5,15H2,(H,16,18,19)/i1D2,2D2,3D,4D,5D2. The number of carbonyl (C=O) groups is 3. The number of nitrogen functional groups attached to an aromatic ring is 1. The summed E-state index contributed by atoms with van der Waals surface area (Å²) in [5.74, 6) is -6.11. The Kier molecular flexibility index (Phi) is 1.36. The molecule has 1 aromatic carbocycles. The first-order chi connectivity index (χ1) is 12.6. The van der Waals surface area contributed by atoms with Gasteiger partial charge >= 0.3 is 0 Å². The van der Waals surface area contributed by atoms with Crippen molar-refractivity contribution in [1.82, 2.24) is 10.2 Å². The lowest BCUT2D eigenvalue weighted by Crippen LogP contribution is -2.52. The highest BCUT2D eigenvalue weighted by Crippen LogP contribution is 2.31. The smallest absolute Gasteiger partial charge is 0.255 e. The van der Waals surface area contributed by atoms with Crippen LogP contribution in [0.2, 0.25) is 0 Å². The minimum absolute atomic E-state index is 0.00938. The predicted molar refractivity (Wildman–Crippen MR) is 66.9 cm³/mol. The number of halogens is 1. The van der Waals surface area contributed by atoms with Gasteiger partial charge in [0.05, 0.1) is 5.48 Å². The van der Waals surface area contributed by atoms with Gasteiger partial charge in [0, 0.05) is 35.2 Å². The SMILES string of the molecule is [2H]c1c(N)c2c(c([2H])c1F)C(=O)N(C1C(=O)NC(=O)C([2H])([2H])C1([2H])[2H])C2([2H])[2H]. The zero-order chi connectivity index (χ0) is 21.6. The van der Waals surface area contributed by atoms with Crippen LogP contribution in [0.5, 0.6) is 0 Å². The zero-order valence-electron chi connectivity index (χ0n) is 17.7. The van der Waals surface area contributed by atoms with E-state index in [1.54, 1.807) is 5.32 Å². The van der Waals surface area contributed by atoms with Crippen LogP contribution in [-0.2, 0) is 16.1 Å². The van der Waals surface area contributed by atoms with Crippen molar-refractivity contribution in [3.63, 3.8) is 0 Å². The van der Waals surface area contributed by atoms with E-state index in [0.29, 0.717) is 0 Å². The molecule has 0 aromatic heterocycles. The number of hydrogen-bond acceptors (Lipinski definition) is 4. The summed E-state index contributed by atoms with van der Waals surface area (Å²) in [4.78, 5) is 36.8. The maximum atomic E-state index is 14.0. The molecular formula is C13H12FN3O3. The van der Waals surface area contributed by atoms with Crippen molar-refractivity contribution in [2.45, 2.75) is 25.3 Å². The highest BCUT2D eigenvalue weighted by atomic mass is 19.1. The number of amides is 3. The van der Waals surface area contributed by atoms with E-state index in [2.05, 4.69) is 0 Å². The average molecular weight is 285 g/mol. The van der Waals surface area contributed by atoms with Crippen LogP contribution in [0.25, 0.3) is 0 Å². The van der Waals surface area contributed by atoms with Crippen molar-refractivity contribution in [3.8, 4) is 0 Å². The van der Waals surface area contributed by atoms with E-state index in [1.165, 1.54) is 0 Å². The predicted octanol–water partition coefficient (Wildman–Crippen LogP) is 0.169. The van der Waals surface area contributed by atoms with Gasteiger partial charge in [-0.3, -0.25) is 19.7 Å². The third kappa shape index (κ3) is 1.82. The third-order valence-electron chi connectivity index (χ3n) is 2.73. The van der Waals surface area contributed by atoms with Gasteiger partial charge in [0.1, 0.15) is 11.9 Å². The van der Waals surface area contributed by atoms with Gasteiger partial charge < -0.3 is 10.6 Å². The molecule has 1 fully saturated rings. The number of carbonyl (C=O) groups excluding carboxylic acids is 3. The summed E-state index contributed by atoms with van der Waals surface area (Å²) in [6.07, 6.45) is -6.70. The van der Waals surface area contributed by atoms with Gasteiger partial charge in [-0.1, -0.05) is 0 Å². The van der Waals surface area contributed by atoms with E-state index in [9.17, 15) is 18.8 Å². The molecule has 3 N–H and O–H groups in total. The van der Waals surface area contributed by atoms with Crippen LogP contribution < -0.4 is 11.1 Å². The molecule has 3 amide bonds. The number of nitrogens with zero attached hydrogens (tertiary/aromatic N) is 1. The molecule has 6 nitrogen and oxygen atoms in total. The van der Waals surface area contributed by atoms with E-state index in [1.807, 2.05) is 0 Å². The number of nitrogens with one attached hydrogen (secondary N) is 1. The Morgan fingerprint density at radius 2 is 2.20 bits per heavy atom. The summed E-state index contributed by atoms with van der Waals surface area (Å²) in [6.45, 7) is -3.10. The molecule has 0 saturated carbocycles. The van der Waals surface area contributed by atoms with Gasteiger partial charge in [-0.25, -0.2) is 4.39 Å². The summed E-state index contributed by atoms with van der Waals surface area (Å²) in [5, 5.41) is 1.55. The Balaban J connectivity index is 2.29. The lowest BCUT2D eigenvalue weighted by Gasteiger charge is -2.29. The number of imide groups is 1. The number of fused-ring (bicyclic) bond motifs is 1. The van der Waals surface area contributed by atoms with Crippen molar-refractivity contribution in [2.75, 3.05) is 5.73 Å². The van der Waals surface area contributed by atoms with Crippen LogP contribution in [0.1, 0.15) is 39.6 Å². The number of hydrogen-bond donors (Lipinski definition) is 2. The Morgan fingerprint density at radius 1 is 1.45 bits per heavy atom. The highest BCUT2D eigenvalue weighted by Gasteiger charge is 2.39. The Labute approximate surface area is 125 Å². The summed E-state index contributed by atoms with van der Waals surface area (Å²) >= 11 is 0. The summed E-state index contributed by atoms with van der Waals surface area (Å²) in [6, 6.07) is -4.70. The summed E-state index contributed by atoms with van der Waals surface area (Å²) < 4.78 is 76.8. The van der Waals surface area contributed by atoms with Crippen LogP contribution >= 0.6 is 0 Å². The molecule has 1 aromatic rings. The van der Waals surface area contributed by atoms with Crippen LogP contribution in [0.4, 0.5) is 10.1 Å². The van der Waals surface area contributed by atoms with Crippen LogP contribution in [0.15, 0.2) is 12.1 Å². The molecule has 1 atom stereocenters. The molecule has 0 aliphatic carbocycles. The third-order valence-corrected chi connectivity index (χ3v) is 2.73. The lowest BCUT2D eigenvalue weighted by atomic mass is 10.0. The first-order valence-electron chi connectivity index (χ1n) is 9.37. The van der Waals surface area contributed by atoms with Crippen molar-refractivity contribution in [1.29, 1.82) is 0 Å². The first-order valence-corrected chi connectivity index (χ1v) is 5.37. The molecule has 2 heterocycles. The van der Waals surface area contributed by atoms with Gasteiger partial charge in [0.15, 0.2) is 0 Å². The van der Waals surface area contributed by atoms with Crippen molar-refractivity contribution < 1.29 is 29.7 Å². The van der Waals surface area contributed by atoms with Crippen molar-refractivity contribution in [3.05, 3.63) is 29.0 Å². The van der Waals surface area contributed by atoms with Gasteiger partial charge in [-0.2, -0.15) is 0 Å². The topological polar surface area (TPSA) is 92.5 Å². The molecule has 2 aliphatic rings. The number of benzene rings is 1. The Bertz CT molecular complexity index is 967. The zero-order valence-corrected chi connectivity index (χ0v) is 9.70. The molecule has 3 rings (SSSR count). The second-order valence-electron chi connectivity index (χ2n) is 4.00. The fraction of sp³-hybridized carbons (Fsp3) is 0.308. The van der Waals surface area contributed by atoms with Crippen molar-refractivity contribution in [2.24, 2.45) is 0 Å². The van der Waals surface area contributed by atoms with E-state index >= 15 is 0 Å². The quantitative estimate of drug-likeness (QED) is 0.568. The maximum absolute atomic E-state index is 14.0. The lowest BCUT2D eigenvalue weighted by molar-refractivity contribution is -0.136. The van der Waals surface area contributed by atoms with E-state index in [0.717, 1.165) is 0 Å². The Hall–Kier alpha value is -2.44. The van der Waals surface area contributed by atoms with Crippen LogP contribution in [0, 0.1) is 5.82 Å². The fourth-order valence-corrected chi connectivity index (χ4v) is 1.86. The second kappa shape index (κ2) is 4.29. The molecular weight excluding hydrogens is 265 g/mol. The minimum atomic E-state index is -3.38. The molecule has 1 unspecified atom stereocenters. The van der Waals surface area contributed by atoms with Crippen LogP contribution in [0.3, 0.4) is 0 Å². The van der Waals surface area contributed by atoms with Crippen LogP contribution in [-0.4, -0.2) is 28.7 Å². The van der Waals surface area contributed by atoms with E-state index < -0.39 is 77.7 Å². The van der Waals surface area contributed by atoms with Gasteiger partial charge in [-0.15, -0.1) is 0 Å².